The standard InChI is InChI=1S/C21H20N2O4S/c1-2-12-23-20(25)18(28-21(23)26)13-15-8-6-7-11-17(15)27-14-19(24)22-16-9-4-3-5-10-16/h3-11,13H,2,12,14H2,1H3,(H,22,24)/b18-13+. The molecule has 0 aromatic heterocycles. The third-order valence-corrected chi connectivity index (χ3v) is 4.85. The van der Waals surface area contributed by atoms with Crippen molar-refractivity contribution >= 4 is 40.6 Å². The summed E-state index contributed by atoms with van der Waals surface area (Å²) in [5, 5.41) is 2.48. The molecule has 0 unspecified atom stereocenters. The maximum atomic E-state index is 12.4. The van der Waals surface area contributed by atoms with Crippen LogP contribution in [0.5, 0.6) is 5.75 Å². The predicted octanol–water partition coefficient (Wildman–Crippen LogP) is 4.15. The lowest BCUT2D eigenvalue weighted by molar-refractivity contribution is -0.122. The van der Waals surface area contributed by atoms with E-state index in [2.05, 4.69) is 5.32 Å². The number of thioether (sulfide) groups is 1. The summed E-state index contributed by atoms with van der Waals surface area (Å²) in [6, 6.07) is 16.2. The summed E-state index contributed by atoms with van der Waals surface area (Å²) in [5.41, 5.74) is 1.32. The van der Waals surface area contributed by atoms with Gasteiger partial charge in [-0.25, -0.2) is 0 Å². The van der Waals surface area contributed by atoms with Crippen LogP contribution in [-0.4, -0.2) is 35.1 Å². The summed E-state index contributed by atoms with van der Waals surface area (Å²) < 4.78 is 5.64. The van der Waals surface area contributed by atoms with Crippen molar-refractivity contribution in [3.8, 4) is 5.75 Å². The Labute approximate surface area is 167 Å². The molecule has 144 valence electrons. The molecule has 6 nitrogen and oxygen atoms in total. The van der Waals surface area contributed by atoms with Gasteiger partial charge in [0.05, 0.1) is 4.91 Å². The molecule has 1 N–H and O–H groups in total. The van der Waals surface area contributed by atoms with Crippen molar-refractivity contribution < 1.29 is 19.1 Å². The average Bonchev–Trinajstić information content (AvgIpc) is 2.96. The lowest BCUT2D eigenvalue weighted by Gasteiger charge is -2.11. The van der Waals surface area contributed by atoms with Crippen molar-refractivity contribution in [3.63, 3.8) is 0 Å². The van der Waals surface area contributed by atoms with E-state index in [1.807, 2.05) is 25.1 Å². The summed E-state index contributed by atoms with van der Waals surface area (Å²) in [6.45, 7) is 2.15. The van der Waals surface area contributed by atoms with Crippen LogP contribution in [0.2, 0.25) is 0 Å². The van der Waals surface area contributed by atoms with Crippen molar-refractivity contribution in [3.05, 3.63) is 65.1 Å². The van der Waals surface area contributed by atoms with Crippen molar-refractivity contribution in [1.29, 1.82) is 0 Å². The Morgan fingerprint density at radius 3 is 2.57 bits per heavy atom. The first-order chi connectivity index (χ1) is 13.6. The van der Waals surface area contributed by atoms with Gasteiger partial charge < -0.3 is 10.1 Å². The number of para-hydroxylation sites is 2. The van der Waals surface area contributed by atoms with Crippen molar-refractivity contribution in [2.75, 3.05) is 18.5 Å². The second kappa shape index (κ2) is 9.23. The number of benzene rings is 2. The van der Waals surface area contributed by atoms with Gasteiger partial charge in [0.1, 0.15) is 5.75 Å². The SMILES string of the molecule is CCCN1C(=O)S/C(=C/c2ccccc2OCC(=O)Nc2ccccc2)C1=O. The fraction of sp³-hybridized carbons (Fsp3) is 0.190. The number of anilines is 1. The normalized spacial score (nSPS) is 15.2. The first-order valence-electron chi connectivity index (χ1n) is 8.90. The zero-order valence-electron chi connectivity index (χ0n) is 15.4. The Bertz CT molecular complexity index is 912. The highest BCUT2D eigenvalue weighted by Crippen LogP contribution is 2.34. The van der Waals surface area contributed by atoms with Crippen LogP contribution in [0.3, 0.4) is 0 Å². The number of carbonyl (C=O) groups is 3. The maximum Gasteiger partial charge on any atom is 0.293 e. The zero-order chi connectivity index (χ0) is 19.9. The molecule has 2 aromatic carbocycles. The Hall–Kier alpha value is -3.06. The van der Waals surface area contributed by atoms with Gasteiger partial charge in [-0.15, -0.1) is 0 Å². The highest BCUT2D eigenvalue weighted by atomic mass is 32.2. The molecule has 1 heterocycles. The van der Waals surface area contributed by atoms with Crippen molar-refractivity contribution in [2.45, 2.75) is 13.3 Å². The minimum absolute atomic E-state index is 0.170. The molecule has 28 heavy (non-hydrogen) atoms. The molecule has 1 saturated heterocycles. The molecule has 7 heteroatoms. The summed E-state index contributed by atoms with van der Waals surface area (Å²) in [7, 11) is 0. The Morgan fingerprint density at radius 1 is 1.11 bits per heavy atom. The lowest BCUT2D eigenvalue weighted by Crippen LogP contribution is -2.28. The second-order valence-corrected chi connectivity index (χ2v) is 7.07. The minimum atomic E-state index is -0.298. The third-order valence-electron chi connectivity index (χ3n) is 3.94. The highest BCUT2D eigenvalue weighted by Gasteiger charge is 2.34. The van der Waals surface area contributed by atoms with Gasteiger partial charge in [-0.05, 0) is 42.5 Å². The van der Waals surface area contributed by atoms with E-state index in [1.54, 1.807) is 42.5 Å². The summed E-state index contributed by atoms with van der Waals surface area (Å²) in [5.74, 6) is -0.120. The van der Waals surface area contributed by atoms with E-state index in [4.69, 9.17) is 4.74 Å². The highest BCUT2D eigenvalue weighted by molar-refractivity contribution is 8.18. The van der Waals surface area contributed by atoms with E-state index in [-0.39, 0.29) is 23.7 Å². The van der Waals surface area contributed by atoms with Crippen LogP contribution in [-0.2, 0) is 9.59 Å². The number of hydrogen-bond acceptors (Lipinski definition) is 5. The number of ether oxygens (including phenoxy) is 1. The Kier molecular flexibility index (Phi) is 6.49. The van der Waals surface area contributed by atoms with E-state index >= 15 is 0 Å². The molecular weight excluding hydrogens is 376 g/mol. The van der Waals surface area contributed by atoms with Crippen LogP contribution in [0.15, 0.2) is 59.5 Å². The average molecular weight is 396 g/mol. The summed E-state index contributed by atoms with van der Waals surface area (Å²) in [4.78, 5) is 38.1. The maximum absolute atomic E-state index is 12.4. The first-order valence-corrected chi connectivity index (χ1v) is 9.72. The first kappa shape index (κ1) is 19.7. The van der Waals surface area contributed by atoms with Gasteiger partial charge in [-0.2, -0.15) is 0 Å². The number of rotatable bonds is 7. The fourth-order valence-corrected chi connectivity index (χ4v) is 3.51. The number of imide groups is 1. The Morgan fingerprint density at radius 2 is 1.82 bits per heavy atom. The van der Waals surface area contributed by atoms with Gasteiger partial charge >= 0.3 is 0 Å². The van der Waals surface area contributed by atoms with Crippen LogP contribution in [0, 0.1) is 0 Å². The quantitative estimate of drug-likeness (QED) is 0.712. The fourth-order valence-electron chi connectivity index (χ4n) is 2.65. The topological polar surface area (TPSA) is 75.7 Å². The van der Waals surface area contributed by atoms with E-state index in [1.165, 1.54) is 4.90 Å². The molecule has 0 radical (unpaired) electrons. The van der Waals surface area contributed by atoms with Gasteiger partial charge in [0.15, 0.2) is 6.61 Å². The molecule has 3 amide bonds. The molecule has 0 aliphatic carbocycles. The van der Waals surface area contributed by atoms with Crippen LogP contribution in [0.25, 0.3) is 6.08 Å². The Balaban J connectivity index is 1.69. The van der Waals surface area contributed by atoms with Gasteiger partial charge in [0, 0.05) is 17.8 Å². The molecule has 2 aromatic rings. The number of amides is 3. The molecule has 3 rings (SSSR count). The van der Waals surface area contributed by atoms with Crippen molar-refractivity contribution in [2.24, 2.45) is 0 Å². The van der Waals surface area contributed by atoms with Crippen LogP contribution in [0.4, 0.5) is 10.5 Å². The summed E-state index contributed by atoms with van der Waals surface area (Å²) in [6.07, 6.45) is 2.34. The minimum Gasteiger partial charge on any atom is -0.483 e. The van der Waals surface area contributed by atoms with E-state index in [0.717, 1.165) is 11.8 Å². The second-order valence-electron chi connectivity index (χ2n) is 6.07. The molecule has 0 saturated carbocycles. The number of nitrogens with zero attached hydrogens (tertiary/aromatic N) is 1. The molecular formula is C21H20N2O4S. The molecule has 0 bridgehead atoms. The van der Waals surface area contributed by atoms with Gasteiger partial charge in [-0.1, -0.05) is 43.3 Å². The van der Waals surface area contributed by atoms with Gasteiger partial charge in [0.2, 0.25) is 0 Å². The van der Waals surface area contributed by atoms with Crippen LogP contribution >= 0.6 is 11.8 Å². The number of hydrogen-bond donors (Lipinski definition) is 1. The third kappa shape index (κ3) is 4.80. The van der Waals surface area contributed by atoms with E-state index < -0.39 is 0 Å². The lowest BCUT2D eigenvalue weighted by atomic mass is 10.2. The molecule has 1 aliphatic heterocycles. The van der Waals surface area contributed by atoms with Crippen molar-refractivity contribution in [1.82, 2.24) is 4.90 Å². The van der Waals surface area contributed by atoms with E-state index in [9.17, 15) is 14.4 Å². The van der Waals surface area contributed by atoms with Crippen LogP contribution < -0.4 is 10.1 Å². The van der Waals surface area contributed by atoms with E-state index in [0.29, 0.717) is 34.9 Å². The van der Waals surface area contributed by atoms with Gasteiger partial charge in [-0.3, -0.25) is 19.3 Å². The molecule has 1 aliphatic rings. The zero-order valence-corrected chi connectivity index (χ0v) is 16.2. The smallest absolute Gasteiger partial charge is 0.293 e. The number of carbonyl (C=O) groups excluding carboxylic acids is 3. The predicted molar refractivity (Wildman–Crippen MR) is 110 cm³/mol. The number of nitrogens with one attached hydrogen (secondary N) is 1. The summed E-state index contributed by atoms with van der Waals surface area (Å²) >= 11 is 0.915. The van der Waals surface area contributed by atoms with Gasteiger partial charge in [0.25, 0.3) is 17.1 Å². The molecule has 1 fully saturated rings. The monoisotopic (exact) mass is 396 g/mol. The molecule has 0 atom stereocenters. The van der Waals surface area contributed by atoms with Crippen LogP contribution in [0.1, 0.15) is 18.9 Å². The largest absolute Gasteiger partial charge is 0.483 e. The molecule has 0 spiro atoms.